The molecule has 2 nitrogen and oxygen atoms in total. The fraction of sp³-hybridized carbons (Fsp3) is 0.455. The molecule has 0 spiro atoms. The molecule has 13 heavy (non-hydrogen) atoms. The van der Waals surface area contributed by atoms with Crippen LogP contribution in [0, 0.1) is 0 Å². The lowest BCUT2D eigenvalue weighted by Crippen LogP contribution is -2.03. The zero-order chi connectivity index (χ0) is 9.52. The smallest absolute Gasteiger partial charge is 0.106 e. The molecule has 0 bridgehead atoms. The van der Waals surface area contributed by atoms with Gasteiger partial charge in [-0.05, 0) is 18.6 Å². The van der Waals surface area contributed by atoms with Crippen molar-refractivity contribution in [1.82, 2.24) is 4.57 Å². The number of rotatable bonds is 6. The lowest BCUT2D eigenvalue weighted by molar-refractivity contribution is 0.192. The molecule has 2 heteroatoms. The van der Waals surface area contributed by atoms with E-state index in [4.69, 9.17) is 4.74 Å². The van der Waals surface area contributed by atoms with Gasteiger partial charge in [-0.25, -0.2) is 0 Å². The lowest BCUT2D eigenvalue weighted by Gasteiger charge is -2.08. The predicted octanol–water partition coefficient (Wildman–Crippen LogP) is 2.82. The van der Waals surface area contributed by atoms with Gasteiger partial charge in [0.1, 0.15) is 6.61 Å². The molecule has 0 aromatic carbocycles. The predicted molar refractivity (Wildman–Crippen MR) is 54.4 cm³/mol. The molecule has 1 aromatic rings. The van der Waals surface area contributed by atoms with E-state index in [-0.39, 0.29) is 0 Å². The molecule has 0 saturated carbocycles. The molecule has 0 aliphatic carbocycles. The molecule has 72 valence electrons. The van der Waals surface area contributed by atoms with Crippen molar-refractivity contribution in [2.45, 2.75) is 26.3 Å². The molecule has 0 N–H and O–H groups in total. The van der Waals surface area contributed by atoms with Gasteiger partial charge in [0.2, 0.25) is 0 Å². The highest BCUT2D eigenvalue weighted by atomic mass is 16.5. The van der Waals surface area contributed by atoms with E-state index in [1.807, 2.05) is 24.5 Å². The Morgan fingerprint density at radius 3 is 2.69 bits per heavy atom. The first-order chi connectivity index (χ1) is 6.33. The van der Waals surface area contributed by atoms with Gasteiger partial charge in [-0.1, -0.05) is 13.5 Å². The Morgan fingerprint density at radius 2 is 2.08 bits per heavy atom. The molecular formula is C11H17NO. The first-order valence-corrected chi connectivity index (χ1v) is 4.74. The highest BCUT2D eigenvalue weighted by Crippen LogP contribution is 2.03. The monoisotopic (exact) mass is 179 g/mol. The summed E-state index contributed by atoms with van der Waals surface area (Å²) in [7, 11) is 0. The second kappa shape index (κ2) is 5.46. The van der Waals surface area contributed by atoms with Crippen LogP contribution in [0.25, 0.3) is 0 Å². The van der Waals surface area contributed by atoms with Crippen molar-refractivity contribution in [3.05, 3.63) is 36.9 Å². The Hall–Kier alpha value is -1.18. The number of aromatic nitrogens is 1. The maximum Gasteiger partial charge on any atom is 0.106 e. The van der Waals surface area contributed by atoms with E-state index in [1.54, 1.807) is 0 Å². The van der Waals surface area contributed by atoms with Crippen LogP contribution >= 0.6 is 0 Å². The Labute approximate surface area is 79.8 Å². The molecule has 1 aromatic heterocycles. The van der Waals surface area contributed by atoms with Crippen LogP contribution in [0.4, 0.5) is 0 Å². The molecule has 1 rings (SSSR count). The molecule has 0 radical (unpaired) electrons. The molecular weight excluding hydrogens is 162 g/mol. The zero-order valence-corrected chi connectivity index (χ0v) is 8.20. The van der Waals surface area contributed by atoms with E-state index < -0.39 is 0 Å². The molecule has 1 heterocycles. The molecule has 0 fully saturated rings. The molecule has 0 aliphatic rings. The standard InChI is InChI=1S/C11H17NO/c1-3-6-11(2)13-10-9-12-7-4-5-8-12/h4-5,7-8H,2-3,6,9-10H2,1H3. The summed E-state index contributed by atoms with van der Waals surface area (Å²) in [4.78, 5) is 0. The van der Waals surface area contributed by atoms with E-state index in [1.165, 1.54) is 0 Å². The SMILES string of the molecule is C=C(CCC)OCCn1cccc1. The number of hydrogen-bond acceptors (Lipinski definition) is 1. The third-order valence-electron chi connectivity index (χ3n) is 1.85. The maximum absolute atomic E-state index is 5.44. The maximum atomic E-state index is 5.44. The van der Waals surface area contributed by atoms with Crippen LogP contribution in [0.2, 0.25) is 0 Å². The first-order valence-electron chi connectivity index (χ1n) is 4.74. The van der Waals surface area contributed by atoms with Crippen LogP contribution in [-0.2, 0) is 11.3 Å². The number of nitrogens with zero attached hydrogens (tertiary/aromatic N) is 1. The summed E-state index contributed by atoms with van der Waals surface area (Å²) < 4.78 is 7.54. The van der Waals surface area contributed by atoms with Crippen LogP contribution < -0.4 is 0 Å². The molecule has 0 aliphatic heterocycles. The highest BCUT2D eigenvalue weighted by Gasteiger charge is 1.93. The largest absolute Gasteiger partial charge is 0.497 e. The van der Waals surface area contributed by atoms with Crippen molar-refractivity contribution in [3.8, 4) is 0 Å². The number of hydrogen-bond donors (Lipinski definition) is 0. The van der Waals surface area contributed by atoms with Crippen molar-refractivity contribution in [1.29, 1.82) is 0 Å². The molecule has 0 amide bonds. The van der Waals surface area contributed by atoms with Crippen molar-refractivity contribution in [3.63, 3.8) is 0 Å². The van der Waals surface area contributed by atoms with Crippen molar-refractivity contribution >= 4 is 0 Å². The summed E-state index contributed by atoms with van der Waals surface area (Å²) in [6, 6.07) is 4.03. The Kier molecular flexibility index (Phi) is 4.16. The van der Waals surface area contributed by atoms with Crippen LogP contribution in [0.1, 0.15) is 19.8 Å². The summed E-state index contributed by atoms with van der Waals surface area (Å²) in [6.45, 7) is 7.57. The topological polar surface area (TPSA) is 14.2 Å². The summed E-state index contributed by atoms with van der Waals surface area (Å²) in [5, 5.41) is 0. The average molecular weight is 179 g/mol. The van der Waals surface area contributed by atoms with Gasteiger partial charge in [0.05, 0.1) is 12.3 Å². The summed E-state index contributed by atoms with van der Waals surface area (Å²) in [6.07, 6.45) is 6.13. The fourth-order valence-corrected chi connectivity index (χ4v) is 1.17. The minimum Gasteiger partial charge on any atom is -0.497 e. The van der Waals surface area contributed by atoms with Crippen molar-refractivity contribution in [2.75, 3.05) is 6.61 Å². The Bertz CT molecular complexity index is 239. The molecule has 0 atom stereocenters. The van der Waals surface area contributed by atoms with Gasteiger partial charge in [-0.3, -0.25) is 0 Å². The van der Waals surface area contributed by atoms with Gasteiger partial charge in [0, 0.05) is 18.8 Å². The van der Waals surface area contributed by atoms with E-state index >= 15 is 0 Å². The first kappa shape index (κ1) is 9.90. The van der Waals surface area contributed by atoms with Gasteiger partial charge in [0.15, 0.2) is 0 Å². The second-order valence-electron chi connectivity index (χ2n) is 3.06. The summed E-state index contributed by atoms with van der Waals surface area (Å²) in [5.41, 5.74) is 0. The fourth-order valence-electron chi connectivity index (χ4n) is 1.17. The van der Waals surface area contributed by atoms with Gasteiger partial charge in [-0.2, -0.15) is 0 Å². The lowest BCUT2D eigenvalue weighted by atomic mass is 10.3. The minimum absolute atomic E-state index is 0.716. The van der Waals surface area contributed by atoms with Gasteiger partial charge in [-0.15, -0.1) is 0 Å². The molecule has 0 unspecified atom stereocenters. The van der Waals surface area contributed by atoms with E-state index in [2.05, 4.69) is 18.1 Å². The van der Waals surface area contributed by atoms with E-state index in [0.29, 0.717) is 6.61 Å². The quantitative estimate of drug-likeness (QED) is 0.612. The minimum atomic E-state index is 0.716. The van der Waals surface area contributed by atoms with E-state index in [0.717, 1.165) is 25.1 Å². The van der Waals surface area contributed by atoms with Crippen LogP contribution in [0.3, 0.4) is 0 Å². The average Bonchev–Trinajstić information content (AvgIpc) is 2.57. The zero-order valence-electron chi connectivity index (χ0n) is 8.20. The van der Waals surface area contributed by atoms with E-state index in [9.17, 15) is 0 Å². The second-order valence-corrected chi connectivity index (χ2v) is 3.06. The van der Waals surface area contributed by atoms with Crippen LogP contribution in [0.15, 0.2) is 36.9 Å². The number of allylic oxidation sites excluding steroid dienone is 1. The number of ether oxygens (including phenoxy) is 1. The van der Waals surface area contributed by atoms with Gasteiger partial charge >= 0.3 is 0 Å². The van der Waals surface area contributed by atoms with Crippen LogP contribution in [-0.4, -0.2) is 11.2 Å². The molecule has 0 saturated heterocycles. The third kappa shape index (κ3) is 3.83. The highest BCUT2D eigenvalue weighted by molar-refractivity contribution is 4.90. The Balaban J connectivity index is 2.11. The van der Waals surface area contributed by atoms with Crippen molar-refractivity contribution in [2.24, 2.45) is 0 Å². The van der Waals surface area contributed by atoms with Crippen LogP contribution in [0.5, 0.6) is 0 Å². The van der Waals surface area contributed by atoms with Gasteiger partial charge < -0.3 is 9.30 Å². The summed E-state index contributed by atoms with van der Waals surface area (Å²) in [5.74, 6) is 0.898. The normalized spacial score (nSPS) is 9.92. The third-order valence-corrected chi connectivity index (χ3v) is 1.85. The van der Waals surface area contributed by atoms with Gasteiger partial charge in [0.25, 0.3) is 0 Å². The van der Waals surface area contributed by atoms with Crippen molar-refractivity contribution < 1.29 is 4.74 Å². The Morgan fingerprint density at radius 1 is 1.38 bits per heavy atom. The summed E-state index contributed by atoms with van der Waals surface area (Å²) >= 11 is 0.